The zero-order valence-electron chi connectivity index (χ0n) is 15.1. The molecular formula is C19H19N3O6. The standard InChI is InChI=1S/C19H19N3O6/c1-27-18(24)19(10-16(19)17(23)21-20)13-5-3-7-15(9-13)28-11-12-4-2-6-14(8-12)22(25)26/h2-9,16H,10-11,20H2,1H3,(H,21,23)/t16-,19-/m1/s1. The Labute approximate surface area is 160 Å². The number of nitro groups is 1. The van der Waals surface area contributed by atoms with E-state index in [1.165, 1.54) is 19.2 Å². The number of hydrazine groups is 1. The Morgan fingerprint density at radius 1 is 1.29 bits per heavy atom. The Morgan fingerprint density at radius 2 is 2.04 bits per heavy atom. The van der Waals surface area contributed by atoms with Crippen LogP contribution in [0.2, 0.25) is 0 Å². The predicted molar refractivity (Wildman–Crippen MR) is 98.0 cm³/mol. The highest BCUT2D eigenvalue weighted by atomic mass is 16.6. The summed E-state index contributed by atoms with van der Waals surface area (Å²) in [6.07, 6.45) is 0.289. The summed E-state index contributed by atoms with van der Waals surface area (Å²) in [5.74, 6) is 4.10. The fourth-order valence-corrected chi connectivity index (χ4v) is 3.31. The van der Waals surface area contributed by atoms with Gasteiger partial charge in [-0.15, -0.1) is 0 Å². The minimum absolute atomic E-state index is 0.0203. The van der Waals surface area contributed by atoms with Crippen molar-refractivity contribution < 1.29 is 24.0 Å². The minimum Gasteiger partial charge on any atom is -0.489 e. The third kappa shape index (κ3) is 3.52. The van der Waals surface area contributed by atoms with Crippen LogP contribution in [0.25, 0.3) is 0 Å². The average molecular weight is 385 g/mol. The first kappa shape index (κ1) is 19.3. The molecule has 0 bridgehead atoms. The van der Waals surface area contributed by atoms with Gasteiger partial charge in [0.25, 0.3) is 5.69 Å². The number of carbonyl (C=O) groups is 2. The van der Waals surface area contributed by atoms with Crippen LogP contribution in [0.15, 0.2) is 48.5 Å². The van der Waals surface area contributed by atoms with Crippen molar-refractivity contribution in [2.45, 2.75) is 18.4 Å². The summed E-state index contributed by atoms with van der Waals surface area (Å²) in [4.78, 5) is 34.7. The molecule has 0 heterocycles. The molecule has 2 aromatic carbocycles. The van der Waals surface area contributed by atoms with Gasteiger partial charge in [-0.3, -0.25) is 25.1 Å². The molecule has 2 atom stereocenters. The maximum Gasteiger partial charge on any atom is 0.317 e. The van der Waals surface area contributed by atoms with E-state index >= 15 is 0 Å². The highest BCUT2D eigenvalue weighted by Crippen LogP contribution is 2.55. The number of carbonyl (C=O) groups excluding carboxylic acids is 2. The Morgan fingerprint density at radius 3 is 2.71 bits per heavy atom. The molecule has 0 saturated heterocycles. The first-order chi connectivity index (χ1) is 13.4. The van der Waals surface area contributed by atoms with Gasteiger partial charge in [0.2, 0.25) is 5.91 Å². The number of methoxy groups -OCH3 is 1. The smallest absolute Gasteiger partial charge is 0.317 e. The van der Waals surface area contributed by atoms with E-state index in [4.69, 9.17) is 15.3 Å². The molecule has 9 heteroatoms. The maximum absolute atomic E-state index is 12.4. The van der Waals surface area contributed by atoms with Gasteiger partial charge in [-0.25, -0.2) is 5.84 Å². The first-order valence-corrected chi connectivity index (χ1v) is 8.48. The molecule has 1 fully saturated rings. The lowest BCUT2D eigenvalue weighted by molar-refractivity contribution is -0.384. The van der Waals surface area contributed by atoms with Crippen molar-refractivity contribution in [3.8, 4) is 5.75 Å². The molecule has 1 saturated carbocycles. The predicted octanol–water partition coefficient (Wildman–Crippen LogP) is 1.59. The van der Waals surface area contributed by atoms with E-state index < -0.39 is 28.1 Å². The maximum atomic E-state index is 12.4. The molecule has 3 N–H and O–H groups in total. The normalized spacial score (nSPS) is 20.1. The molecule has 0 spiro atoms. The summed E-state index contributed by atoms with van der Waals surface area (Å²) >= 11 is 0. The van der Waals surface area contributed by atoms with Gasteiger partial charge in [-0.1, -0.05) is 24.3 Å². The Hall–Kier alpha value is -3.46. The van der Waals surface area contributed by atoms with Crippen molar-refractivity contribution in [3.63, 3.8) is 0 Å². The Bertz CT molecular complexity index is 931. The molecule has 0 unspecified atom stereocenters. The van der Waals surface area contributed by atoms with Crippen molar-refractivity contribution in [2.75, 3.05) is 7.11 Å². The van der Waals surface area contributed by atoms with Crippen LogP contribution in [0.3, 0.4) is 0 Å². The molecule has 0 radical (unpaired) electrons. The molecule has 1 amide bonds. The highest BCUT2D eigenvalue weighted by Gasteiger charge is 2.65. The summed E-state index contributed by atoms with van der Waals surface area (Å²) in [6, 6.07) is 12.9. The van der Waals surface area contributed by atoms with E-state index in [0.717, 1.165) is 0 Å². The lowest BCUT2D eigenvalue weighted by atomic mass is 9.92. The second-order valence-corrected chi connectivity index (χ2v) is 6.47. The van der Waals surface area contributed by atoms with E-state index in [2.05, 4.69) is 5.43 Å². The van der Waals surface area contributed by atoms with E-state index in [-0.39, 0.29) is 18.7 Å². The largest absolute Gasteiger partial charge is 0.489 e. The second kappa shape index (κ2) is 7.65. The van der Waals surface area contributed by atoms with Crippen molar-refractivity contribution in [2.24, 2.45) is 11.8 Å². The van der Waals surface area contributed by atoms with Crippen molar-refractivity contribution >= 4 is 17.6 Å². The second-order valence-electron chi connectivity index (χ2n) is 6.47. The van der Waals surface area contributed by atoms with Crippen LogP contribution in [0.1, 0.15) is 17.5 Å². The molecule has 2 aromatic rings. The lowest BCUT2D eigenvalue weighted by Crippen LogP contribution is -2.36. The Kier molecular flexibility index (Phi) is 5.27. The number of hydrogen-bond donors (Lipinski definition) is 2. The van der Waals surface area contributed by atoms with Gasteiger partial charge in [-0.2, -0.15) is 0 Å². The fraction of sp³-hybridized carbons (Fsp3) is 0.263. The van der Waals surface area contributed by atoms with E-state index in [1.54, 1.807) is 36.4 Å². The summed E-state index contributed by atoms with van der Waals surface area (Å²) in [5.41, 5.74) is 2.18. The quantitative estimate of drug-likeness (QED) is 0.243. The lowest BCUT2D eigenvalue weighted by Gasteiger charge is -2.16. The van der Waals surface area contributed by atoms with Gasteiger partial charge in [0.05, 0.1) is 18.0 Å². The van der Waals surface area contributed by atoms with Crippen LogP contribution in [0, 0.1) is 16.0 Å². The molecule has 0 aliphatic heterocycles. The van der Waals surface area contributed by atoms with Gasteiger partial charge in [-0.05, 0) is 29.7 Å². The van der Waals surface area contributed by atoms with Crippen molar-refractivity contribution in [1.82, 2.24) is 5.43 Å². The molecule has 28 heavy (non-hydrogen) atoms. The van der Waals surface area contributed by atoms with Crippen LogP contribution >= 0.6 is 0 Å². The monoisotopic (exact) mass is 385 g/mol. The van der Waals surface area contributed by atoms with Crippen LogP contribution in [-0.2, 0) is 26.3 Å². The average Bonchev–Trinajstić information content (AvgIpc) is 3.48. The zero-order chi connectivity index (χ0) is 20.3. The number of nitrogens with two attached hydrogens (primary N) is 1. The van der Waals surface area contributed by atoms with Crippen molar-refractivity contribution in [3.05, 3.63) is 69.8 Å². The summed E-state index contributed by atoms with van der Waals surface area (Å²) in [5, 5.41) is 10.9. The first-order valence-electron chi connectivity index (χ1n) is 8.48. The van der Waals surface area contributed by atoms with Gasteiger partial charge in [0, 0.05) is 12.1 Å². The zero-order valence-corrected chi connectivity index (χ0v) is 15.1. The molecule has 1 aliphatic carbocycles. The van der Waals surface area contributed by atoms with Crippen LogP contribution < -0.4 is 16.0 Å². The number of nitro benzene ring substituents is 1. The number of esters is 1. The summed E-state index contributed by atoms with van der Waals surface area (Å²) < 4.78 is 10.6. The van der Waals surface area contributed by atoms with Gasteiger partial charge in [0.15, 0.2) is 0 Å². The van der Waals surface area contributed by atoms with E-state index in [9.17, 15) is 19.7 Å². The van der Waals surface area contributed by atoms with Gasteiger partial charge >= 0.3 is 5.97 Å². The number of nitrogens with one attached hydrogen (secondary N) is 1. The fourth-order valence-electron chi connectivity index (χ4n) is 3.31. The topological polar surface area (TPSA) is 134 Å². The number of non-ortho nitro benzene ring substituents is 1. The van der Waals surface area contributed by atoms with Gasteiger partial charge < -0.3 is 9.47 Å². The number of hydrogen-bond acceptors (Lipinski definition) is 7. The van der Waals surface area contributed by atoms with Crippen LogP contribution in [0.4, 0.5) is 5.69 Å². The third-order valence-corrected chi connectivity index (χ3v) is 4.85. The molecule has 146 valence electrons. The summed E-state index contributed by atoms with van der Waals surface area (Å²) in [7, 11) is 1.27. The number of benzene rings is 2. The van der Waals surface area contributed by atoms with Gasteiger partial charge in [0.1, 0.15) is 17.8 Å². The van der Waals surface area contributed by atoms with E-state index in [1.807, 2.05) is 0 Å². The van der Waals surface area contributed by atoms with Crippen molar-refractivity contribution in [1.29, 1.82) is 0 Å². The molecule has 3 rings (SSSR count). The number of rotatable bonds is 7. The molecule has 0 aromatic heterocycles. The SMILES string of the molecule is COC(=O)[C@@]1(c2cccc(OCc3cccc([N+](=O)[O-])c3)c2)C[C@@H]1C(=O)NN. The summed E-state index contributed by atoms with van der Waals surface area (Å²) in [6.45, 7) is 0.114. The number of ether oxygens (including phenoxy) is 2. The molecular weight excluding hydrogens is 366 g/mol. The van der Waals surface area contributed by atoms with Crippen LogP contribution in [-0.4, -0.2) is 23.9 Å². The third-order valence-electron chi connectivity index (χ3n) is 4.85. The highest BCUT2D eigenvalue weighted by molar-refractivity contribution is 5.98. The molecule has 1 aliphatic rings. The van der Waals surface area contributed by atoms with E-state index in [0.29, 0.717) is 16.9 Å². The minimum atomic E-state index is -1.09. The van der Waals surface area contributed by atoms with Crippen LogP contribution in [0.5, 0.6) is 5.75 Å². The molecule has 9 nitrogen and oxygen atoms in total. The number of amides is 1. The number of nitrogens with zero attached hydrogens (tertiary/aromatic N) is 1. The Balaban J connectivity index is 1.80.